The molecule has 1 heterocycles. The molecule has 1 atom stereocenters. The van der Waals surface area contributed by atoms with Crippen LogP contribution in [0.25, 0.3) is 0 Å². The molecule has 21 heavy (non-hydrogen) atoms. The van der Waals surface area contributed by atoms with Crippen molar-refractivity contribution in [2.45, 2.75) is 30.5 Å². The average Bonchev–Trinajstić information content (AvgIpc) is 2.90. The van der Waals surface area contributed by atoms with E-state index in [1.165, 1.54) is 20.0 Å². The number of benzene rings is 1. The first-order valence-electron chi connectivity index (χ1n) is 6.51. The quantitative estimate of drug-likeness (QED) is 0.926. The third-order valence-electron chi connectivity index (χ3n) is 3.80. The second-order valence-corrected chi connectivity index (χ2v) is 7.06. The molecular weight excluding hydrogens is 305 g/mol. The third-order valence-corrected chi connectivity index (χ3v) is 5.85. The largest absolute Gasteiger partial charge is 0.416 e. The van der Waals surface area contributed by atoms with Crippen molar-refractivity contribution in [2.75, 3.05) is 20.1 Å². The standard InChI is InChI=1S/C13H17F3N2O2S/c1-9-11(13(14,15)16)4-3-5-12(9)21(19,20)18(2)10-6-7-17-8-10/h3-5,10,17H,6-8H2,1-2H3. The average molecular weight is 322 g/mol. The zero-order valence-electron chi connectivity index (χ0n) is 11.7. The lowest BCUT2D eigenvalue weighted by Crippen LogP contribution is -2.38. The van der Waals surface area contributed by atoms with Gasteiger partial charge in [0.1, 0.15) is 0 Å². The highest BCUT2D eigenvalue weighted by Gasteiger charge is 2.36. The van der Waals surface area contributed by atoms with Gasteiger partial charge in [-0.3, -0.25) is 0 Å². The van der Waals surface area contributed by atoms with E-state index in [-0.39, 0.29) is 16.5 Å². The van der Waals surface area contributed by atoms with Crippen molar-refractivity contribution in [3.05, 3.63) is 29.3 Å². The highest BCUT2D eigenvalue weighted by atomic mass is 32.2. The highest BCUT2D eigenvalue weighted by molar-refractivity contribution is 7.89. The van der Waals surface area contributed by atoms with Gasteiger partial charge in [0.15, 0.2) is 0 Å². The van der Waals surface area contributed by atoms with Crippen LogP contribution < -0.4 is 5.32 Å². The second kappa shape index (κ2) is 5.58. The smallest absolute Gasteiger partial charge is 0.315 e. The monoisotopic (exact) mass is 322 g/mol. The molecule has 118 valence electrons. The number of hydrogen-bond acceptors (Lipinski definition) is 3. The molecule has 0 bridgehead atoms. The van der Waals surface area contributed by atoms with E-state index < -0.39 is 21.8 Å². The molecule has 1 fully saturated rings. The Morgan fingerprint density at radius 3 is 2.52 bits per heavy atom. The van der Waals surface area contributed by atoms with Crippen molar-refractivity contribution in [1.29, 1.82) is 0 Å². The maximum atomic E-state index is 12.9. The minimum absolute atomic E-state index is 0.232. The van der Waals surface area contributed by atoms with Gasteiger partial charge < -0.3 is 5.32 Å². The number of rotatable bonds is 3. The van der Waals surface area contributed by atoms with Crippen molar-refractivity contribution in [3.8, 4) is 0 Å². The van der Waals surface area contributed by atoms with Crippen LogP contribution >= 0.6 is 0 Å². The molecule has 4 nitrogen and oxygen atoms in total. The van der Waals surface area contributed by atoms with Gasteiger partial charge in [0.25, 0.3) is 0 Å². The second-order valence-electron chi connectivity index (χ2n) is 5.09. The first-order chi connectivity index (χ1) is 9.65. The Hall–Kier alpha value is -1.12. The van der Waals surface area contributed by atoms with E-state index in [9.17, 15) is 21.6 Å². The van der Waals surface area contributed by atoms with Gasteiger partial charge in [-0.2, -0.15) is 17.5 Å². The summed E-state index contributed by atoms with van der Waals surface area (Å²) in [7, 11) is -2.53. The van der Waals surface area contributed by atoms with Crippen molar-refractivity contribution in [2.24, 2.45) is 0 Å². The zero-order valence-corrected chi connectivity index (χ0v) is 12.6. The normalized spacial score (nSPS) is 20.2. The molecule has 0 saturated carbocycles. The minimum atomic E-state index is -4.57. The Bertz CT molecular complexity index is 623. The summed E-state index contributed by atoms with van der Waals surface area (Å²) in [6.45, 7) is 2.40. The fourth-order valence-corrected chi connectivity index (χ4v) is 4.13. The van der Waals surface area contributed by atoms with Crippen molar-refractivity contribution >= 4 is 10.0 Å². The van der Waals surface area contributed by atoms with Gasteiger partial charge in [-0.25, -0.2) is 8.42 Å². The molecule has 0 amide bonds. The van der Waals surface area contributed by atoms with Gasteiger partial charge in [-0.1, -0.05) is 6.07 Å². The van der Waals surface area contributed by atoms with Crippen molar-refractivity contribution in [1.82, 2.24) is 9.62 Å². The molecule has 0 aromatic heterocycles. The number of likely N-dealkylation sites (N-methyl/N-ethyl adjacent to an activating group) is 1. The Morgan fingerprint density at radius 1 is 1.33 bits per heavy atom. The SMILES string of the molecule is Cc1c(C(F)(F)F)cccc1S(=O)(=O)N(C)C1CCNC1. The number of halogens is 3. The van der Waals surface area contributed by atoms with Crippen LogP contribution in [-0.2, 0) is 16.2 Å². The topological polar surface area (TPSA) is 49.4 Å². The fourth-order valence-electron chi connectivity index (χ4n) is 2.50. The number of nitrogens with zero attached hydrogens (tertiary/aromatic N) is 1. The van der Waals surface area contributed by atoms with Crippen molar-refractivity contribution < 1.29 is 21.6 Å². The van der Waals surface area contributed by atoms with Gasteiger partial charge in [-0.15, -0.1) is 0 Å². The summed E-state index contributed by atoms with van der Waals surface area (Å²) in [5.74, 6) is 0. The van der Waals surface area contributed by atoms with Gasteiger partial charge in [0.05, 0.1) is 10.5 Å². The van der Waals surface area contributed by atoms with Crippen LogP contribution in [-0.4, -0.2) is 38.9 Å². The van der Waals surface area contributed by atoms with E-state index in [1.54, 1.807) is 0 Å². The molecule has 1 saturated heterocycles. The number of sulfonamides is 1. The minimum Gasteiger partial charge on any atom is -0.315 e. The maximum absolute atomic E-state index is 12.9. The predicted octanol–water partition coefficient (Wildman–Crippen LogP) is 2.00. The van der Waals surface area contributed by atoms with E-state index >= 15 is 0 Å². The molecule has 1 aliphatic heterocycles. The molecule has 1 aliphatic rings. The Labute approximate surface area is 122 Å². The summed E-state index contributed by atoms with van der Waals surface area (Å²) in [5.41, 5.74) is -1.18. The molecule has 1 N–H and O–H groups in total. The summed E-state index contributed by atoms with van der Waals surface area (Å²) in [5, 5.41) is 3.04. The van der Waals surface area contributed by atoms with Crippen LogP contribution in [0.1, 0.15) is 17.5 Å². The Morgan fingerprint density at radius 2 is 2.00 bits per heavy atom. The summed E-state index contributed by atoms with van der Waals surface area (Å²) in [6, 6.07) is 3.01. The first kappa shape index (κ1) is 16.3. The lowest BCUT2D eigenvalue weighted by Gasteiger charge is -2.24. The molecule has 0 aliphatic carbocycles. The predicted molar refractivity (Wildman–Crippen MR) is 72.4 cm³/mol. The van der Waals surface area contributed by atoms with Crippen LogP contribution in [0, 0.1) is 6.92 Å². The van der Waals surface area contributed by atoms with Crippen LogP contribution in [0.15, 0.2) is 23.1 Å². The third kappa shape index (κ3) is 3.07. The highest BCUT2D eigenvalue weighted by Crippen LogP contribution is 2.35. The van der Waals surface area contributed by atoms with E-state index in [0.29, 0.717) is 19.5 Å². The van der Waals surface area contributed by atoms with Gasteiger partial charge in [-0.05, 0) is 37.6 Å². The van der Waals surface area contributed by atoms with Crippen LogP contribution in [0.5, 0.6) is 0 Å². The van der Waals surface area contributed by atoms with Crippen LogP contribution in [0.2, 0.25) is 0 Å². The molecule has 0 radical (unpaired) electrons. The van der Waals surface area contributed by atoms with Gasteiger partial charge in [0, 0.05) is 19.6 Å². The Kier molecular flexibility index (Phi) is 4.32. The molecule has 2 rings (SSSR count). The summed E-state index contributed by atoms with van der Waals surface area (Å²) in [6.07, 6.45) is -3.92. The summed E-state index contributed by atoms with van der Waals surface area (Å²) in [4.78, 5) is -0.285. The number of alkyl halides is 3. The number of nitrogens with one attached hydrogen (secondary N) is 1. The summed E-state index contributed by atoms with van der Waals surface area (Å²) < 4.78 is 65.0. The van der Waals surface area contributed by atoms with Gasteiger partial charge >= 0.3 is 6.18 Å². The lowest BCUT2D eigenvalue weighted by atomic mass is 10.1. The molecule has 1 aromatic rings. The molecule has 1 unspecified atom stereocenters. The van der Waals surface area contributed by atoms with E-state index in [2.05, 4.69) is 5.32 Å². The fraction of sp³-hybridized carbons (Fsp3) is 0.538. The van der Waals surface area contributed by atoms with E-state index in [4.69, 9.17) is 0 Å². The molecule has 1 aromatic carbocycles. The number of hydrogen-bond donors (Lipinski definition) is 1. The van der Waals surface area contributed by atoms with Crippen LogP contribution in [0.4, 0.5) is 13.2 Å². The molecule has 0 spiro atoms. The maximum Gasteiger partial charge on any atom is 0.416 e. The van der Waals surface area contributed by atoms with Crippen LogP contribution in [0.3, 0.4) is 0 Å². The first-order valence-corrected chi connectivity index (χ1v) is 7.95. The summed E-state index contributed by atoms with van der Waals surface area (Å²) >= 11 is 0. The molecule has 8 heteroatoms. The van der Waals surface area contributed by atoms with Gasteiger partial charge in [0.2, 0.25) is 10.0 Å². The van der Waals surface area contributed by atoms with E-state index in [1.807, 2.05) is 0 Å². The van der Waals surface area contributed by atoms with E-state index in [0.717, 1.165) is 16.4 Å². The molecular formula is C13H17F3N2O2S. The Balaban J connectivity index is 2.45. The zero-order chi connectivity index (χ0) is 15.8. The lowest BCUT2D eigenvalue weighted by molar-refractivity contribution is -0.138. The van der Waals surface area contributed by atoms with Crippen molar-refractivity contribution in [3.63, 3.8) is 0 Å².